The molecular formula is C17H13NaO5. The summed E-state index contributed by atoms with van der Waals surface area (Å²) in [6.45, 7) is 0.718. The summed E-state index contributed by atoms with van der Waals surface area (Å²) < 4.78 is 16.0. The molecule has 5 nitrogen and oxygen atoms in total. The normalized spacial score (nSPS) is 10.1. The molecule has 0 atom stereocenters. The first kappa shape index (κ1) is 17.4. The Kier molecular flexibility index (Phi) is 6.10. The van der Waals surface area contributed by atoms with Crippen LogP contribution in [0.4, 0.5) is 0 Å². The number of para-hydroxylation sites is 1. The molecule has 2 aromatic carbocycles. The van der Waals surface area contributed by atoms with Crippen LogP contribution in [0.25, 0.3) is 11.0 Å². The predicted molar refractivity (Wildman–Crippen MR) is 79.4 cm³/mol. The molecule has 6 heteroatoms. The third-order valence-corrected chi connectivity index (χ3v) is 3.04. The predicted octanol–water partition coefficient (Wildman–Crippen LogP) is -0.672. The third kappa shape index (κ3) is 4.51. The van der Waals surface area contributed by atoms with Crippen LogP contribution in [-0.2, 0) is 0 Å². The van der Waals surface area contributed by atoms with Crippen molar-refractivity contribution in [2.45, 2.75) is 0 Å². The molecule has 0 saturated carbocycles. The molecule has 1 aromatic heterocycles. The second kappa shape index (κ2) is 8.06. The fourth-order valence-corrected chi connectivity index (χ4v) is 2.04. The number of rotatable bonds is 5. The van der Waals surface area contributed by atoms with Crippen LogP contribution in [0.2, 0.25) is 0 Å². The fourth-order valence-electron chi connectivity index (χ4n) is 2.04. The molecule has 0 fully saturated rings. The maximum Gasteiger partial charge on any atom is 1.00 e. The van der Waals surface area contributed by atoms with E-state index in [-0.39, 0.29) is 40.6 Å². The van der Waals surface area contributed by atoms with Gasteiger partial charge in [0.25, 0.3) is 0 Å². The molecule has 23 heavy (non-hydrogen) atoms. The summed E-state index contributed by atoms with van der Waals surface area (Å²) in [6, 6.07) is 15.1. The quantitative estimate of drug-likeness (QED) is 0.460. The average Bonchev–Trinajstić information content (AvgIpc) is 2.52. The Morgan fingerprint density at radius 3 is 2.35 bits per heavy atom. The van der Waals surface area contributed by atoms with Crippen LogP contribution in [0, 0.1) is 0 Å². The number of benzene rings is 2. The molecule has 0 aliphatic rings. The molecule has 3 rings (SSSR count). The Morgan fingerprint density at radius 2 is 1.61 bits per heavy atom. The second-order valence-electron chi connectivity index (χ2n) is 4.60. The van der Waals surface area contributed by atoms with Crippen LogP contribution in [-0.4, -0.2) is 13.2 Å². The van der Waals surface area contributed by atoms with Crippen molar-refractivity contribution in [1.82, 2.24) is 0 Å². The van der Waals surface area contributed by atoms with Crippen molar-refractivity contribution in [3.8, 4) is 17.4 Å². The molecule has 0 bridgehead atoms. The summed E-state index contributed by atoms with van der Waals surface area (Å²) in [5.41, 5.74) is -0.135. The molecule has 0 aliphatic heterocycles. The molecule has 0 unspecified atom stereocenters. The van der Waals surface area contributed by atoms with Gasteiger partial charge in [0.15, 0.2) is 5.43 Å². The molecule has 0 saturated heterocycles. The van der Waals surface area contributed by atoms with Gasteiger partial charge in [-0.15, -0.1) is 0 Å². The first-order valence-corrected chi connectivity index (χ1v) is 6.78. The van der Waals surface area contributed by atoms with E-state index in [1.165, 1.54) is 6.07 Å². The molecule has 0 aliphatic carbocycles. The summed E-state index contributed by atoms with van der Waals surface area (Å²) >= 11 is 0. The zero-order chi connectivity index (χ0) is 15.4. The van der Waals surface area contributed by atoms with E-state index in [0.717, 1.165) is 11.8 Å². The van der Waals surface area contributed by atoms with Crippen LogP contribution < -0.4 is 49.6 Å². The second-order valence-corrected chi connectivity index (χ2v) is 4.60. The molecule has 1 heterocycles. The molecule has 0 N–H and O–H groups in total. The van der Waals surface area contributed by atoms with Crippen molar-refractivity contribution in [2.24, 2.45) is 0 Å². The SMILES string of the molecule is O=c1cc([O-])oc2cc(OCCOc3ccccc3)ccc12.[Na+]. The smallest absolute Gasteiger partial charge is 0.578 e. The zero-order valence-electron chi connectivity index (χ0n) is 12.7. The van der Waals surface area contributed by atoms with Gasteiger partial charge in [-0.2, -0.15) is 0 Å². The minimum absolute atomic E-state index is 0. The first-order valence-electron chi connectivity index (χ1n) is 6.78. The van der Waals surface area contributed by atoms with Gasteiger partial charge in [-0.05, 0) is 30.3 Å². The summed E-state index contributed by atoms with van der Waals surface area (Å²) in [5.74, 6) is 0.617. The van der Waals surface area contributed by atoms with Gasteiger partial charge >= 0.3 is 29.6 Å². The summed E-state index contributed by atoms with van der Waals surface area (Å²) in [4.78, 5) is 11.6. The van der Waals surface area contributed by atoms with Crippen molar-refractivity contribution >= 4 is 11.0 Å². The fraction of sp³-hybridized carbons (Fsp3) is 0.118. The molecule has 0 spiro atoms. The van der Waals surface area contributed by atoms with Gasteiger partial charge in [0.1, 0.15) is 24.7 Å². The Hall–Kier alpha value is -1.95. The molecular weight excluding hydrogens is 307 g/mol. The molecule has 112 valence electrons. The van der Waals surface area contributed by atoms with Crippen molar-refractivity contribution < 1.29 is 48.6 Å². The minimum atomic E-state index is -0.665. The molecule has 0 amide bonds. The summed E-state index contributed by atoms with van der Waals surface area (Å²) in [5, 5.41) is 11.6. The monoisotopic (exact) mass is 320 g/mol. The van der Waals surface area contributed by atoms with Gasteiger partial charge in [0.05, 0.1) is 5.95 Å². The molecule has 3 aromatic rings. The van der Waals surface area contributed by atoms with Crippen molar-refractivity contribution in [2.75, 3.05) is 13.2 Å². The van der Waals surface area contributed by atoms with Gasteiger partial charge in [-0.25, -0.2) is 0 Å². The standard InChI is InChI=1S/C17H14O5.Na/c18-15-11-17(19)22-16-10-13(6-7-14(15)16)21-9-8-20-12-4-2-1-3-5-12;/h1-7,10-11,19H,8-9H2;/q;+1/p-1. The van der Waals surface area contributed by atoms with E-state index in [1.54, 1.807) is 12.1 Å². The van der Waals surface area contributed by atoms with E-state index in [2.05, 4.69) is 0 Å². The Bertz CT molecular complexity index is 829. The average molecular weight is 320 g/mol. The van der Waals surface area contributed by atoms with E-state index < -0.39 is 5.95 Å². The van der Waals surface area contributed by atoms with Crippen molar-refractivity contribution in [3.05, 3.63) is 64.8 Å². The largest absolute Gasteiger partial charge is 1.00 e. The zero-order valence-corrected chi connectivity index (χ0v) is 14.7. The topological polar surface area (TPSA) is 71.7 Å². The number of ether oxygens (including phenoxy) is 2. The van der Waals surface area contributed by atoms with Gasteiger partial charge < -0.3 is 19.0 Å². The van der Waals surface area contributed by atoms with Crippen LogP contribution in [0.15, 0.2) is 63.8 Å². The number of hydrogen-bond acceptors (Lipinski definition) is 5. The van der Waals surface area contributed by atoms with Gasteiger partial charge in [0, 0.05) is 17.0 Å². The van der Waals surface area contributed by atoms with Crippen molar-refractivity contribution in [1.29, 1.82) is 0 Å². The van der Waals surface area contributed by atoms with E-state index >= 15 is 0 Å². The van der Waals surface area contributed by atoms with Crippen LogP contribution >= 0.6 is 0 Å². The number of fused-ring (bicyclic) bond motifs is 1. The molecule has 0 radical (unpaired) electrons. The Balaban J connectivity index is 0.00000192. The number of hydrogen-bond donors (Lipinski definition) is 0. The van der Waals surface area contributed by atoms with E-state index in [9.17, 15) is 9.90 Å². The van der Waals surface area contributed by atoms with Gasteiger partial charge in [-0.1, -0.05) is 18.2 Å². The summed E-state index contributed by atoms with van der Waals surface area (Å²) in [7, 11) is 0. The minimum Gasteiger partial charge on any atom is -0.578 e. The van der Waals surface area contributed by atoms with Gasteiger partial charge in [-0.3, -0.25) is 4.79 Å². The van der Waals surface area contributed by atoms with Crippen LogP contribution in [0.3, 0.4) is 0 Å². The Morgan fingerprint density at radius 1 is 0.913 bits per heavy atom. The van der Waals surface area contributed by atoms with Crippen LogP contribution in [0.1, 0.15) is 0 Å². The third-order valence-electron chi connectivity index (χ3n) is 3.04. The van der Waals surface area contributed by atoms with Crippen LogP contribution in [0.5, 0.6) is 17.4 Å². The van der Waals surface area contributed by atoms with Crippen molar-refractivity contribution in [3.63, 3.8) is 0 Å². The maximum atomic E-state index is 11.6. The van der Waals surface area contributed by atoms with E-state index in [0.29, 0.717) is 24.3 Å². The van der Waals surface area contributed by atoms with E-state index in [4.69, 9.17) is 13.9 Å². The van der Waals surface area contributed by atoms with E-state index in [1.807, 2.05) is 30.3 Å². The summed E-state index contributed by atoms with van der Waals surface area (Å²) in [6.07, 6.45) is 0. The maximum absolute atomic E-state index is 11.6. The van der Waals surface area contributed by atoms with Gasteiger partial charge in [0.2, 0.25) is 0 Å². The Labute approximate surface area is 154 Å². The first-order chi connectivity index (χ1) is 10.7.